The molecule has 1 aromatic heterocycles. The lowest BCUT2D eigenvalue weighted by Crippen LogP contribution is -2.03. The van der Waals surface area contributed by atoms with Gasteiger partial charge in [0.2, 0.25) is 0 Å². The van der Waals surface area contributed by atoms with Crippen molar-refractivity contribution in [3.05, 3.63) is 52.7 Å². The van der Waals surface area contributed by atoms with E-state index in [9.17, 15) is 9.90 Å². The summed E-state index contributed by atoms with van der Waals surface area (Å²) < 4.78 is 16.2. The lowest BCUT2D eigenvalue weighted by Gasteiger charge is -2.09. The fourth-order valence-electron chi connectivity index (χ4n) is 2.32. The van der Waals surface area contributed by atoms with E-state index in [1.54, 1.807) is 30.3 Å². The summed E-state index contributed by atoms with van der Waals surface area (Å²) >= 11 is 0. The van der Waals surface area contributed by atoms with Gasteiger partial charge in [0.05, 0.1) is 19.8 Å². The van der Waals surface area contributed by atoms with Crippen LogP contribution in [0, 0.1) is 0 Å². The van der Waals surface area contributed by atoms with Gasteiger partial charge in [0, 0.05) is 18.2 Å². The van der Waals surface area contributed by atoms with Crippen molar-refractivity contribution in [2.45, 2.75) is 0 Å². The smallest absolute Gasteiger partial charge is 0.197 e. The van der Waals surface area contributed by atoms with Gasteiger partial charge in [0.15, 0.2) is 5.43 Å². The maximum atomic E-state index is 12.4. The molecule has 112 valence electrons. The number of aromatic hydroxyl groups is 1. The Kier molecular flexibility index (Phi) is 3.47. The molecule has 0 spiro atoms. The summed E-state index contributed by atoms with van der Waals surface area (Å²) in [7, 11) is 3.00. The number of hydrogen-bond donors (Lipinski definition) is 1. The minimum atomic E-state index is -0.251. The highest BCUT2D eigenvalue weighted by atomic mass is 16.5. The Morgan fingerprint density at radius 2 is 1.82 bits per heavy atom. The first-order valence-corrected chi connectivity index (χ1v) is 6.62. The maximum Gasteiger partial charge on any atom is 0.197 e. The second-order valence-electron chi connectivity index (χ2n) is 4.69. The molecule has 0 saturated heterocycles. The van der Waals surface area contributed by atoms with E-state index < -0.39 is 0 Å². The van der Waals surface area contributed by atoms with E-state index in [-0.39, 0.29) is 16.9 Å². The molecule has 5 heteroatoms. The number of fused-ring (bicyclic) bond motifs is 1. The molecule has 1 heterocycles. The molecule has 1 N–H and O–H groups in total. The molecule has 0 aliphatic rings. The summed E-state index contributed by atoms with van der Waals surface area (Å²) in [5, 5.41) is 10.3. The molecule has 0 radical (unpaired) electrons. The summed E-state index contributed by atoms with van der Waals surface area (Å²) in [6, 6.07) is 11.2. The van der Waals surface area contributed by atoms with Crippen LogP contribution in [0.15, 0.2) is 51.7 Å². The molecule has 0 unspecified atom stereocenters. The number of hydrogen-bond acceptors (Lipinski definition) is 5. The van der Waals surface area contributed by atoms with Gasteiger partial charge in [-0.2, -0.15) is 0 Å². The van der Waals surface area contributed by atoms with Gasteiger partial charge in [-0.15, -0.1) is 0 Å². The average Bonchev–Trinajstić information content (AvgIpc) is 2.53. The molecule has 0 amide bonds. The lowest BCUT2D eigenvalue weighted by atomic mass is 10.1. The molecule has 3 rings (SSSR count). The lowest BCUT2D eigenvalue weighted by molar-refractivity contribution is 0.396. The zero-order chi connectivity index (χ0) is 15.7. The highest BCUT2D eigenvalue weighted by Gasteiger charge is 2.14. The van der Waals surface area contributed by atoms with Gasteiger partial charge in [-0.25, -0.2) is 0 Å². The van der Waals surface area contributed by atoms with Crippen LogP contribution >= 0.6 is 0 Å². The molecule has 3 aromatic rings. The SMILES string of the molecule is COc1cc(OC)c2c(=O)cc(-c3ccccc3O)oc2c1. The molecule has 0 aliphatic carbocycles. The van der Waals surface area contributed by atoms with Gasteiger partial charge < -0.3 is 19.0 Å². The first-order valence-electron chi connectivity index (χ1n) is 6.62. The minimum absolute atomic E-state index is 0.0415. The van der Waals surface area contributed by atoms with Crippen LogP contribution in [0.3, 0.4) is 0 Å². The number of methoxy groups -OCH3 is 2. The molecule has 5 nitrogen and oxygen atoms in total. The summed E-state index contributed by atoms with van der Waals surface area (Å²) in [6.07, 6.45) is 0. The van der Waals surface area contributed by atoms with E-state index in [0.717, 1.165) is 0 Å². The number of benzene rings is 2. The van der Waals surface area contributed by atoms with Crippen molar-refractivity contribution in [1.82, 2.24) is 0 Å². The largest absolute Gasteiger partial charge is 0.507 e. The maximum absolute atomic E-state index is 12.4. The third-order valence-electron chi connectivity index (χ3n) is 3.39. The normalized spacial score (nSPS) is 10.6. The van der Waals surface area contributed by atoms with Gasteiger partial charge in [0.1, 0.15) is 34.0 Å². The van der Waals surface area contributed by atoms with Crippen molar-refractivity contribution in [2.24, 2.45) is 0 Å². The molecule has 0 atom stereocenters. The second kappa shape index (κ2) is 5.44. The quantitative estimate of drug-likeness (QED) is 0.804. The Labute approximate surface area is 126 Å². The van der Waals surface area contributed by atoms with Crippen LogP contribution < -0.4 is 14.9 Å². The van der Waals surface area contributed by atoms with Gasteiger partial charge in [-0.1, -0.05) is 12.1 Å². The number of ether oxygens (including phenoxy) is 2. The number of phenols is 1. The first kappa shape index (κ1) is 14.0. The number of para-hydroxylation sites is 1. The van der Waals surface area contributed by atoms with Crippen molar-refractivity contribution in [3.8, 4) is 28.6 Å². The van der Waals surface area contributed by atoms with Crippen molar-refractivity contribution in [2.75, 3.05) is 14.2 Å². The summed E-state index contributed by atoms with van der Waals surface area (Å²) in [4.78, 5) is 12.4. The summed E-state index contributed by atoms with van der Waals surface area (Å²) in [5.74, 6) is 1.22. The van der Waals surface area contributed by atoms with E-state index in [0.29, 0.717) is 28.0 Å². The van der Waals surface area contributed by atoms with Crippen LogP contribution in [0.25, 0.3) is 22.3 Å². The van der Waals surface area contributed by atoms with Crippen LogP contribution in [0.1, 0.15) is 0 Å². The highest BCUT2D eigenvalue weighted by molar-refractivity contribution is 5.86. The van der Waals surface area contributed by atoms with Gasteiger partial charge in [-0.05, 0) is 12.1 Å². The van der Waals surface area contributed by atoms with Crippen molar-refractivity contribution in [1.29, 1.82) is 0 Å². The van der Waals surface area contributed by atoms with E-state index in [1.807, 2.05) is 0 Å². The zero-order valence-electron chi connectivity index (χ0n) is 12.1. The molecule has 0 bridgehead atoms. The second-order valence-corrected chi connectivity index (χ2v) is 4.69. The average molecular weight is 298 g/mol. The van der Waals surface area contributed by atoms with Crippen LogP contribution in [0.2, 0.25) is 0 Å². The zero-order valence-corrected chi connectivity index (χ0v) is 12.1. The van der Waals surface area contributed by atoms with Crippen molar-refractivity contribution in [3.63, 3.8) is 0 Å². The monoisotopic (exact) mass is 298 g/mol. The molecular formula is C17H14O5. The third-order valence-corrected chi connectivity index (χ3v) is 3.39. The summed E-state index contributed by atoms with van der Waals surface area (Å²) in [6.45, 7) is 0. The van der Waals surface area contributed by atoms with E-state index >= 15 is 0 Å². The van der Waals surface area contributed by atoms with Crippen LogP contribution in [0.4, 0.5) is 0 Å². The predicted molar refractivity (Wildman–Crippen MR) is 82.7 cm³/mol. The number of phenolic OH excluding ortho intramolecular Hbond substituents is 1. The molecule has 0 saturated carbocycles. The molecule has 0 aliphatic heterocycles. The fourth-order valence-corrected chi connectivity index (χ4v) is 2.32. The van der Waals surface area contributed by atoms with E-state index in [4.69, 9.17) is 13.9 Å². The highest BCUT2D eigenvalue weighted by Crippen LogP contribution is 2.33. The van der Waals surface area contributed by atoms with Crippen molar-refractivity contribution >= 4 is 11.0 Å². The fraction of sp³-hybridized carbons (Fsp3) is 0.118. The Morgan fingerprint density at radius 3 is 2.50 bits per heavy atom. The van der Waals surface area contributed by atoms with Crippen molar-refractivity contribution < 1.29 is 19.0 Å². The minimum Gasteiger partial charge on any atom is -0.507 e. The topological polar surface area (TPSA) is 68.9 Å². The molecular weight excluding hydrogens is 284 g/mol. The number of rotatable bonds is 3. The van der Waals surface area contributed by atoms with E-state index in [2.05, 4.69) is 0 Å². The van der Waals surface area contributed by atoms with E-state index in [1.165, 1.54) is 26.4 Å². The standard InChI is InChI=1S/C17H14O5/c1-20-10-7-15(21-2)17-13(19)9-14(22-16(17)8-10)11-5-3-4-6-12(11)18/h3-9,18H,1-2H3. The van der Waals surface area contributed by atoms with Crippen LogP contribution in [-0.4, -0.2) is 19.3 Å². The van der Waals surface area contributed by atoms with Gasteiger partial charge in [0.25, 0.3) is 0 Å². The van der Waals surface area contributed by atoms with Gasteiger partial charge >= 0.3 is 0 Å². The van der Waals surface area contributed by atoms with Gasteiger partial charge in [-0.3, -0.25) is 4.79 Å². The predicted octanol–water partition coefficient (Wildman–Crippen LogP) is 3.18. The Bertz CT molecular complexity index is 895. The molecule has 2 aromatic carbocycles. The molecule has 0 fully saturated rings. The third kappa shape index (κ3) is 2.26. The van der Waals surface area contributed by atoms with Crippen LogP contribution in [-0.2, 0) is 0 Å². The Hall–Kier alpha value is -2.95. The first-order chi connectivity index (χ1) is 10.6. The van der Waals surface area contributed by atoms with Crippen LogP contribution in [0.5, 0.6) is 17.2 Å². The Balaban J connectivity index is 2.33. The Morgan fingerprint density at radius 1 is 1.05 bits per heavy atom. The molecule has 22 heavy (non-hydrogen) atoms. The summed E-state index contributed by atoms with van der Waals surface area (Å²) in [5.41, 5.74) is 0.532.